The second kappa shape index (κ2) is 8.00. The van der Waals surface area contributed by atoms with Gasteiger partial charge in [-0.1, -0.05) is 35.0 Å². The fraction of sp³-hybridized carbons (Fsp3) is 0.417. The Morgan fingerprint density at radius 2 is 2.09 bits per heavy atom. The summed E-state index contributed by atoms with van der Waals surface area (Å²) in [6.45, 7) is 0.250. The number of anilines is 1. The van der Waals surface area contributed by atoms with Crippen molar-refractivity contribution in [3.8, 4) is 5.88 Å². The van der Waals surface area contributed by atoms with E-state index in [-0.39, 0.29) is 28.4 Å². The van der Waals surface area contributed by atoms with E-state index in [9.17, 15) is 14.0 Å². The Morgan fingerprint density at radius 1 is 1.39 bits per heavy atom. The number of ether oxygens (including phenoxy) is 3. The number of nitrogens with zero attached hydrogens (tertiary/aromatic N) is 1. The molecule has 0 saturated carbocycles. The van der Waals surface area contributed by atoms with Crippen molar-refractivity contribution in [1.29, 1.82) is 0 Å². The van der Waals surface area contributed by atoms with Crippen LogP contribution in [0, 0.1) is 5.95 Å². The zero-order valence-corrected chi connectivity index (χ0v) is 13.8. The van der Waals surface area contributed by atoms with Crippen LogP contribution in [0.25, 0.3) is 0 Å². The molecule has 0 aromatic carbocycles. The van der Waals surface area contributed by atoms with Gasteiger partial charge in [0, 0.05) is 0 Å². The van der Waals surface area contributed by atoms with Crippen molar-refractivity contribution in [2.24, 2.45) is 0 Å². The van der Waals surface area contributed by atoms with Crippen LogP contribution in [0.15, 0.2) is 0 Å². The average Bonchev–Trinajstić information content (AvgIpc) is 2.49. The third-order valence-electron chi connectivity index (χ3n) is 2.62. The highest BCUT2D eigenvalue weighted by molar-refractivity contribution is 8.14. The molecule has 23 heavy (non-hydrogen) atoms. The Hall–Kier alpha value is -1.29. The van der Waals surface area contributed by atoms with Crippen molar-refractivity contribution in [3.05, 3.63) is 16.0 Å². The van der Waals surface area contributed by atoms with Crippen molar-refractivity contribution >= 4 is 51.7 Å². The molecule has 0 atom stereocenters. The van der Waals surface area contributed by atoms with Gasteiger partial charge < -0.3 is 19.9 Å². The fourth-order valence-corrected chi connectivity index (χ4v) is 2.28. The first-order chi connectivity index (χ1) is 10.9. The molecule has 0 bridgehead atoms. The minimum absolute atomic E-state index is 0.170. The average molecular weight is 385 g/mol. The SMILES string of the molecule is Nc1c(Cl)c(F)nc(OCC(=O)SCC(=O)OC2COC2)c1Cl. The molecule has 1 aromatic heterocycles. The van der Waals surface area contributed by atoms with Gasteiger partial charge in [0.05, 0.1) is 24.7 Å². The van der Waals surface area contributed by atoms with Crippen LogP contribution in [0.1, 0.15) is 0 Å². The van der Waals surface area contributed by atoms with Gasteiger partial charge in [-0.2, -0.15) is 9.37 Å². The highest BCUT2D eigenvalue weighted by Gasteiger charge is 2.23. The van der Waals surface area contributed by atoms with E-state index in [1.807, 2.05) is 0 Å². The predicted molar refractivity (Wildman–Crippen MR) is 82.3 cm³/mol. The van der Waals surface area contributed by atoms with Gasteiger partial charge in [-0.25, -0.2) is 0 Å². The lowest BCUT2D eigenvalue weighted by atomic mass is 10.3. The minimum Gasteiger partial charge on any atom is -0.467 e. The summed E-state index contributed by atoms with van der Waals surface area (Å²) >= 11 is 12.0. The maximum absolute atomic E-state index is 13.3. The Morgan fingerprint density at radius 3 is 2.70 bits per heavy atom. The zero-order chi connectivity index (χ0) is 17.0. The summed E-state index contributed by atoms with van der Waals surface area (Å²) in [7, 11) is 0. The number of hydrogen-bond donors (Lipinski definition) is 1. The van der Waals surface area contributed by atoms with Crippen LogP contribution in [0.2, 0.25) is 10.0 Å². The lowest BCUT2D eigenvalue weighted by Gasteiger charge is -2.25. The normalized spacial score (nSPS) is 14.2. The number of rotatable bonds is 6. The van der Waals surface area contributed by atoms with Crippen LogP contribution >= 0.6 is 35.0 Å². The van der Waals surface area contributed by atoms with E-state index in [0.29, 0.717) is 25.0 Å². The molecule has 11 heteroatoms. The van der Waals surface area contributed by atoms with Crippen molar-refractivity contribution < 1.29 is 28.2 Å². The Balaban J connectivity index is 1.79. The number of nitrogens with two attached hydrogens (primary N) is 1. The molecule has 2 heterocycles. The first-order valence-electron chi connectivity index (χ1n) is 6.24. The summed E-state index contributed by atoms with van der Waals surface area (Å²) in [5.74, 6) is -2.12. The van der Waals surface area contributed by atoms with Crippen LogP contribution in [0.3, 0.4) is 0 Å². The molecule has 2 N–H and O–H groups in total. The number of halogens is 3. The maximum Gasteiger partial charge on any atom is 0.316 e. The molecule has 1 saturated heterocycles. The van der Waals surface area contributed by atoms with Crippen LogP contribution in [0.4, 0.5) is 10.1 Å². The predicted octanol–water partition coefficient (Wildman–Crippen LogP) is 1.69. The molecule has 1 fully saturated rings. The summed E-state index contributed by atoms with van der Waals surface area (Å²) in [5, 5.41) is -1.11. The Kier molecular flexibility index (Phi) is 6.28. The van der Waals surface area contributed by atoms with E-state index in [0.717, 1.165) is 0 Å². The Bertz CT molecular complexity index is 630. The van der Waals surface area contributed by atoms with Gasteiger partial charge in [0.2, 0.25) is 16.9 Å². The molecule has 0 unspecified atom stereocenters. The number of pyridine rings is 1. The van der Waals surface area contributed by atoms with Gasteiger partial charge in [0.25, 0.3) is 0 Å². The quantitative estimate of drug-likeness (QED) is 0.583. The molecule has 1 aliphatic heterocycles. The number of carbonyl (C=O) groups is 2. The summed E-state index contributed by atoms with van der Waals surface area (Å²) in [5.41, 5.74) is 5.23. The summed E-state index contributed by atoms with van der Waals surface area (Å²) < 4.78 is 28.2. The molecule has 126 valence electrons. The highest BCUT2D eigenvalue weighted by atomic mass is 35.5. The second-order valence-corrected chi connectivity index (χ2v) is 6.14. The van der Waals surface area contributed by atoms with E-state index < -0.39 is 28.7 Å². The molecular formula is C12H11Cl2FN2O5S. The van der Waals surface area contributed by atoms with E-state index in [1.165, 1.54) is 0 Å². The van der Waals surface area contributed by atoms with Gasteiger partial charge >= 0.3 is 5.97 Å². The van der Waals surface area contributed by atoms with Crippen LogP contribution < -0.4 is 10.5 Å². The van der Waals surface area contributed by atoms with Crippen molar-refractivity contribution in [3.63, 3.8) is 0 Å². The first-order valence-corrected chi connectivity index (χ1v) is 7.98. The van der Waals surface area contributed by atoms with Crippen molar-refractivity contribution in [2.75, 3.05) is 31.3 Å². The lowest BCUT2D eigenvalue weighted by molar-refractivity contribution is -0.169. The molecule has 2 rings (SSSR count). The summed E-state index contributed by atoms with van der Waals surface area (Å²) in [4.78, 5) is 26.4. The van der Waals surface area contributed by atoms with Crippen molar-refractivity contribution in [2.45, 2.75) is 6.10 Å². The van der Waals surface area contributed by atoms with Gasteiger partial charge in [-0.3, -0.25) is 9.59 Å². The third-order valence-corrected chi connectivity index (χ3v) is 4.17. The monoisotopic (exact) mass is 384 g/mol. The topological polar surface area (TPSA) is 101 Å². The van der Waals surface area contributed by atoms with Crippen LogP contribution in [-0.4, -0.2) is 47.7 Å². The van der Waals surface area contributed by atoms with Crippen molar-refractivity contribution in [1.82, 2.24) is 4.98 Å². The number of nitrogen functional groups attached to an aromatic ring is 1. The molecule has 0 spiro atoms. The molecule has 1 aliphatic rings. The standard InChI is InChI=1S/C12H11Cl2FN2O5S/c13-8-10(16)9(14)12(17-11(8)15)21-3-7(19)23-4-6(18)22-5-1-20-2-5/h5H,1-4H2,(H2,16,17). The molecule has 0 aliphatic carbocycles. The number of esters is 1. The van der Waals surface area contributed by atoms with Crippen LogP contribution in [0.5, 0.6) is 5.88 Å². The molecular weight excluding hydrogens is 374 g/mol. The number of aromatic nitrogens is 1. The third kappa shape index (κ3) is 4.84. The Labute approximate surface area is 144 Å². The van der Waals surface area contributed by atoms with Crippen LogP contribution in [-0.2, 0) is 19.1 Å². The van der Waals surface area contributed by atoms with E-state index in [2.05, 4.69) is 4.98 Å². The summed E-state index contributed by atoms with van der Waals surface area (Å²) in [6.07, 6.45) is -0.252. The summed E-state index contributed by atoms with van der Waals surface area (Å²) in [6, 6.07) is 0. The highest BCUT2D eigenvalue weighted by Crippen LogP contribution is 2.35. The van der Waals surface area contributed by atoms with Gasteiger partial charge in [-0.15, -0.1) is 0 Å². The van der Waals surface area contributed by atoms with E-state index >= 15 is 0 Å². The fourth-order valence-electron chi connectivity index (χ4n) is 1.42. The first kappa shape index (κ1) is 18.1. The second-order valence-electron chi connectivity index (χ2n) is 4.35. The number of hydrogen-bond acceptors (Lipinski definition) is 8. The van der Waals surface area contributed by atoms with Gasteiger partial charge in [0.15, 0.2) is 6.61 Å². The van der Waals surface area contributed by atoms with Gasteiger partial charge in [0.1, 0.15) is 16.1 Å². The molecule has 0 radical (unpaired) electrons. The maximum atomic E-state index is 13.3. The van der Waals surface area contributed by atoms with Gasteiger partial charge in [-0.05, 0) is 0 Å². The van der Waals surface area contributed by atoms with E-state index in [4.69, 9.17) is 43.1 Å². The minimum atomic E-state index is -1.06. The number of thioether (sulfide) groups is 1. The molecule has 7 nitrogen and oxygen atoms in total. The molecule has 0 amide bonds. The largest absolute Gasteiger partial charge is 0.467 e. The van der Waals surface area contributed by atoms with E-state index in [1.54, 1.807) is 0 Å². The lowest BCUT2D eigenvalue weighted by Crippen LogP contribution is -2.38. The molecule has 1 aromatic rings. The zero-order valence-electron chi connectivity index (χ0n) is 11.5. The smallest absolute Gasteiger partial charge is 0.316 e. The number of carbonyl (C=O) groups excluding carboxylic acids is 2.